The van der Waals surface area contributed by atoms with Gasteiger partial charge in [0.2, 0.25) is 0 Å². The maximum Gasteiger partial charge on any atom is 1.00 e. The van der Waals surface area contributed by atoms with Crippen LogP contribution in [0.15, 0.2) is 36.4 Å². The van der Waals surface area contributed by atoms with Crippen LogP contribution in [0.2, 0.25) is 0 Å². The third kappa shape index (κ3) is 2.23. The van der Waals surface area contributed by atoms with Gasteiger partial charge in [0.1, 0.15) is 0 Å². The number of hydrogen-bond acceptors (Lipinski definition) is 2. The molecule has 2 aliphatic carbocycles. The molecule has 0 fully saturated rings. The summed E-state index contributed by atoms with van der Waals surface area (Å²) in [4.78, 5) is 10.8. The summed E-state index contributed by atoms with van der Waals surface area (Å²) in [5, 5.41) is 10.8. The molecule has 0 saturated carbocycles. The Kier molecular flexibility index (Phi) is 3.91. The summed E-state index contributed by atoms with van der Waals surface area (Å²) in [6, 6.07) is 10.9. The molecule has 0 saturated heterocycles. The SMILES string of the molecule is Cc1ccccc2c(C(=O)[O-])ccc1-2.[Na+]. The molecule has 0 radical (unpaired) electrons. The van der Waals surface area contributed by atoms with Crippen LogP contribution in [-0.4, -0.2) is 5.97 Å². The summed E-state index contributed by atoms with van der Waals surface area (Å²) >= 11 is 0. The van der Waals surface area contributed by atoms with E-state index in [4.69, 9.17) is 0 Å². The van der Waals surface area contributed by atoms with Crippen LogP contribution in [0, 0.1) is 6.92 Å². The van der Waals surface area contributed by atoms with Gasteiger partial charge in [0.25, 0.3) is 0 Å². The number of aromatic carboxylic acids is 1. The molecule has 2 nitrogen and oxygen atoms in total. The fourth-order valence-electron chi connectivity index (χ4n) is 1.63. The molecule has 0 aliphatic heterocycles. The Hall–Kier alpha value is -0.830. The number of aryl methyl sites for hydroxylation is 1. The largest absolute Gasteiger partial charge is 1.00 e. The van der Waals surface area contributed by atoms with Crippen LogP contribution in [0.25, 0.3) is 11.1 Å². The van der Waals surface area contributed by atoms with Gasteiger partial charge in [0, 0.05) is 5.56 Å². The fraction of sp³-hybridized carbons (Fsp3) is 0.0833. The molecule has 2 rings (SSSR count). The van der Waals surface area contributed by atoms with E-state index >= 15 is 0 Å². The summed E-state index contributed by atoms with van der Waals surface area (Å²) in [6.07, 6.45) is 0. The van der Waals surface area contributed by atoms with Gasteiger partial charge in [0.15, 0.2) is 0 Å². The van der Waals surface area contributed by atoms with Gasteiger partial charge in [-0.2, -0.15) is 0 Å². The molecule has 15 heavy (non-hydrogen) atoms. The standard InChI is InChI=1S/C12H10O2.Na/c1-8-4-2-3-5-10-9(8)6-7-11(10)12(13)14;/h2-7H,1H3,(H,13,14);/q;+1/p-1. The number of carbonyl (C=O) groups is 1. The topological polar surface area (TPSA) is 40.1 Å². The molecule has 0 atom stereocenters. The van der Waals surface area contributed by atoms with Crippen molar-refractivity contribution in [2.45, 2.75) is 6.92 Å². The van der Waals surface area contributed by atoms with Crippen molar-refractivity contribution in [2.75, 3.05) is 0 Å². The molecule has 0 heterocycles. The van der Waals surface area contributed by atoms with Crippen LogP contribution in [0.3, 0.4) is 0 Å². The minimum Gasteiger partial charge on any atom is -0.545 e. The number of carboxylic acid groups (broad SMARTS) is 1. The van der Waals surface area contributed by atoms with Crippen LogP contribution < -0.4 is 34.7 Å². The average Bonchev–Trinajstić information content (AvgIpc) is 2.48. The second kappa shape index (κ2) is 4.79. The van der Waals surface area contributed by atoms with Gasteiger partial charge in [-0.05, 0) is 23.6 Å². The minimum atomic E-state index is -1.12. The van der Waals surface area contributed by atoms with Gasteiger partial charge < -0.3 is 9.90 Å². The molecule has 0 spiro atoms. The van der Waals surface area contributed by atoms with E-state index in [0.29, 0.717) is 0 Å². The molecule has 2 aliphatic rings. The molecule has 0 aromatic rings. The zero-order chi connectivity index (χ0) is 10.1. The summed E-state index contributed by atoms with van der Waals surface area (Å²) < 4.78 is 0. The van der Waals surface area contributed by atoms with Gasteiger partial charge >= 0.3 is 29.6 Å². The van der Waals surface area contributed by atoms with E-state index in [-0.39, 0.29) is 35.1 Å². The molecule has 0 amide bonds. The third-order valence-corrected chi connectivity index (χ3v) is 2.36. The smallest absolute Gasteiger partial charge is 0.545 e. The number of carboxylic acids is 1. The van der Waals surface area contributed by atoms with Crippen LogP contribution in [-0.2, 0) is 0 Å². The Balaban J connectivity index is 0.00000112. The Morgan fingerprint density at radius 2 is 1.73 bits per heavy atom. The summed E-state index contributed by atoms with van der Waals surface area (Å²) in [5.74, 6) is -1.12. The van der Waals surface area contributed by atoms with E-state index in [1.807, 2.05) is 31.2 Å². The van der Waals surface area contributed by atoms with Gasteiger partial charge in [-0.3, -0.25) is 0 Å². The first-order chi connectivity index (χ1) is 6.70. The molecule has 0 unspecified atom stereocenters. The fourth-order valence-corrected chi connectivity index (χ4v) is 1.63. The quantitative estimate of drug-likeness (QED) is 0.533. The monoisotopic (exact) mass is 208 g/mol. The van der Waals surface area contributed by atoms with E-state index in [1.165, 1.54) is 0 Å². The van der Waals surface area contributed by atoms with Crippen molar-refractivity contribution >= 4 is 5.97 Å². The molecule has 0 N–H and O–H groups in total. The Bertz CT molecular complexity index is 465. The number of rotatable bonds is 1. The minimum absolute atomic E-state index is 0. The van der Waals surface area contributed by atoms with Crippen LogP contribution >= 0.6 is 0 Å². The molecular weight excluding hydrogens is 199 g/mol. The van der Waals surface area contributed by atoms with E-state index in [1.54, 1.807) is 12.1 Å². The zero-order valence-corrected chi connectivity index (χ0v) is 10.8. The molecular formula is C12H9NaO2. The molecule has 70 valence electrons. The second-order valence-electron chi connectivity index (χ2n) is 3.26. The van der Waals surface area contributed by atoms with Gasteiger partial charge in [-0.15, -0.1) is 0 Å². The van der Waals surface area contributed by atoms with Crippen LogP contribution in [0.5, 0.6) is 0 Å². The van der Waals surface area contributed by atoms with E-state index in [0.717, 1.165) is 16.7 Å². The molecule has 3 heteroatoms. The van der Waals surface area contributed by atoms with Crippen molar-refractivity contribution in [1.82, 2.24) is 0 Å². The number of fused-ring (bicyclic) bond motifs is 1. The zero-order valence-electron chi connectivity index (χ0n) is 8.78. The first-order valence-electron chi connectivity index (χ1n) is 4.40. The molecule has 0 aromatic carbocycles. The normalized spacial score (nSPS) is 9.67. The van der Waals surface area contributed by atoms with Gasteiger partial charge in [-0.25, -0.2) is 0 Å². The van der Waals surface area contributed by atoms with Crippen molar-refractivity contribution in [2.24, 2.45) is 0 Å². The summed E-state index contributed by atoms with van der Waals surface area (Å²) in [5.41, 5.74) is 3.04. The predicted molar refractivity (Wildman–Crippen MR) is 52.1 cm³/mol. The van der Waals surface area contributed by atoms with Crippen molar-refractivity contribution < 1.29 is 39.5 Å². The number of hydrogen-bond donors (Lipinski definition) is 0. The van der Waals surface area contributed by atoms with Crippen molar-refractivity contribution in [3.05, 3.63) is 47.5 Å². The summed E-state index contributed by atoms with van der Waals surface area (Å²) in [7, 11) is 0. The second-order valence-corrected chi connectivity index (χ2v) is 3.26. The van der Waals surface area contributed by atoms with E-state index < -0.39 is 5.97 Å². The average molecular weight is 208 g/mol. The number of carbonyl (C=O) groups excluding carboxylic acids is 1. The maximum atomic E-state index is 10.8. The first-order valence-corrected chi connectivity index (χ1v) is 4.40. The maximum absolute atomic E-state index is 10.8. The van der Waals surface area contributed by atoms with Crippen LogP contribution in [0.4, 0.5) is 0 Å². The molecule has 0 aromatic heterocycles. The van der Waals surface area contributed by atoms with Crippen molar-refractivity contribution in [3.63, 3.8) is 0 Å². The van der Waals surface area contributed by atoms with Crippen LogP contribution in [0.1, 0.15) is 15.9 Å². The Labute approximate surface area is 111 Å². The third-order valence-electron chi connectivity index (χ3n) is 2.36. The van der Waals surface area contributed by atoms with Crippen molar-refractivity contribution in [1.29, 1.82) is 0 Å². The Morgan fingerprint density at radius 3 is 2.40 bits per heavy atom. The van der Waals surface area contributed by atoms with Gasteiger partial charge in [-0.1, -0.05) is 36.4 Å². The Morgan fingerprint density at radius 1 is 1.07 bits per heavy atom. The van der Waals surface area contributed by atoms with E-state index in [2.05, 4.69) is 0 Å². The summed E-state index contributed by atoms with van der Waals surface area (Å²) in [6.45, 7) is 1.96. The molecule has 0 bridgehead atoms. The van der Waals surface area contributed by atoms with Crippen molar-refractivity contribution in [3.8, 4) is 11.1 Å². The van der Waals surface area contributed by atoms with E-state index in [9.17, 15) is 9.90 Å². The predicted octanol–water partition coefficient (Wildman–Crippen LogP) is -1.53. The first kappa shape index (κ1) is 12.2. The van der Waals surface area contributed by atoms with Gasteiger partial charge in [0.05, 0.1) is 5.97 Å².